The lowest BCUT2D eigenvalue weighted by Gasteiger charge is -2.23. The molecule has 0 radical (unpaired) electrons. The molecule has 3 aromatic rings. The summed E-state index contributed by atoms with van der Waals surface area (Å²) < 4.78 is 38.3. The van der Waals surface area contributed by atoms with Crippen molar-refractivity contribution in [3.05, 3.63) is 83.4 Å². The minimum atomic E-state index is -4.33. The Hall–Kier alpha value is -2.90. The molecule has 1 amide bonds. The van der Waals surface area contributed by atoms with Gasteiger partial charge in [0.25, 0.3) is 0 Å². The molecule has 2 atom stereocenters. The largest absolute Gasteiger partial charge is 0.416 e. The number of rotatable bonds is 6. The molecule has 0 unspecified atom stereocenters. The van der Waals surface area contributed by atoms with Crippen molar-refractivity contribution in [3.8, 4) is 0 Å². The van der Waals surface area contributed by atoms with E-state index < -0.39 is 11.7 Å². The molecule has 1 heterocycles. The summed E-state index contributed by atoms with van der Waals surface area (Å²) in [7, 11) is 1.64. The number of carbonyl (C=O) groups is 1. The van der Waals surface area contributed by atoms with Gasteiger partial charge in [0.15, 0.2) is 0 Å². The van der Waals surface area contributed by atoms with Crippen LogP contribution < -0.4 is 10.6 Å². The van der Waals surface area contributed by atoms with Gasteiger partial charge in [0.1, 0.15) is 0 Å². The van der Waals surface area contributed by atoms with Crippen LogP contribution in [0, 0.1) is 0 Å². The van der Waals surface area contributed by atoms with Crippen LogP contribution in [-0.2, 0) is 24.1 Å². The fourth-order valence-electron chi connectivity index (χ4n) is 4.31. The fourth-order valence-corrected chi connectivity index (χ4v) is 4.31. The van der Waals surface area contributed by atoms with Crippen molar-refractivity contribution < 1.29 is 18.0 Å². The third kappa shape index (κ3) is 5.11. The molecule has 1 fully saturated rings. The Morgan fingerprint density at radius 3 is 2.38 bits per heavy atom. The van der Waals surface area contributed by atoms with E-state index in [0.717, 1.165) is 28.6 Å². The summed E-state index contributed by atoms with van der Waals surface area (Å²) in [6.45, 7) is 1.79. The van der Waals surface area contributed by atoms with Gasteiger partial charge in [-0.2, -0.15) is 13.2 Å². The van der Waals surface area contributed by atoms with Gasteiger partial charge in [0.05, 0.1) is 11.6 Å². The number of benzene rings is 3. The summed E-state index contributed by atoms with van der Waals surface area (Å²) in [4.78, 5) is 14.7. The van der Waals surface area contributed by atoms with E-state index in [-0.39, 0.29) is 18.0 Å². The monoisotopic (exact) mass is 441 g/mol. The summed E-state index contributed by atoms with van der Waals surface area (Å²) in [5.74, 6) is -0.0235. The van der Waals surface area contributed by atoms with E-state index in [0.29, 0.717) is 26.1 Å². The number of alkyl halides is 3. The quantitative estimate of drug-likeness (QED) is 0.598. The molecule has 1 aliphatic rings. The zero-order valence-corrected chi connectivity index (χ0v) is 17.8. The number of hydrogen-bond acceptors (Lipinski definition) is 3. The summed E-state index contributed by atoms with van der Waals surface area (Å²) in [6, 6.07) is 19.5. The van der Waals surface area contributed by atoms with E-state index in [1.54, 1.807) is 7.05 Å². The first-order chi connectivity index (χ1) is 15.3. The van der Waals surface area contributed by atoms with E-state index in [2.05, 4.69) is 45.9 Å². The molecule has 1 aliphatic heterocycles. The van der Waals surface area contributed by atoms with E-state index in [1.807, 2.05) is 12.1 Å². The third-order valence-electron chi connectivity index (χ3n) is 6.03. The SMILES string of the molecule is CNC(=O)[C@@H]1C[C@@H](NCc2ccc(C(F)(F)F)cc2)CN1Cc1ccc2ccccc2c1. The standard InChI is InChI=1S/C25H26F3N3O/c1-29-24(32)23-13-22(30-14-17-7-10-21(11-8-17)25(26,27)28)16-31(23)15-18-6-9-19-4-2-3-5-20(19)12-18/h2-12,22-23,30H,13-16H2,1H3,(H,29,32)/t22-,23+/m1/s1. The number of likely N-dealkylation sites (N-methyl/N-ethyl adjacent to an activating group) is 1. The Balaban J connectivity index is 1.42. The number of hydrogen-bond donors (Lipinski definition) is 2. The maximum Gasteiger partial charge on any atom is 0.416 e. The maximum absolute atomic E-state index is 12.8. The topological polar surface area (TPSA) is 44.4 Å². The highest BCUT2D eigenvalue weighted by Crippen LogP contribution is 2.29. The van der Waals surface area contributed by atoms with Crippen LogP contribution in [0.1, 0.15) is 23.1 Å². The number of fused-ring (bicyclic) bond motifs is 1. The van der Waals surface area contributed by atoms with Gasteiger partial charge in [0.2, 0.25) is 5.91 Å². The molecule has 0 saturated carbocycles. The summed E-state index contributed by atoms with van der Waals surface area (Å²) >= 11 is 0. The van der Waals surface area contributed by atoms with Gasteiger partial charge in [-0.15, -0.1) is 0 Å². The second-order valence-electron chi connectivity index (χ2n) is 8.25. The Bertz CT molecular complexity index is 1080. The highest BCUT2D eigenvalue weighted by Gasteiger charge is 2.36. The van der Waals surface area contributed by atoms with Crippen molar-refractivity contribution in [1.29, 1.82) is 0 Å². The highest BCUT2D eigenvalue weighted by atomic mass is 19.4. The smallest absolute Gasteiger partial charge is 0.358 e. The van der Waals surface area contributed by atoms with Crippen molar-refractivity contribution in [2.24, 2.45) is 0 Å². The lowest BCUT2D eigenvalue weighted by Crippen LogP contribution is -2.41. The summed E-state index contributed by atoms with van der Waals surface area (Å²) in [5, 5.41) is 8.50. The molecule has 168 valence electrons. The Morgan fingerprint density at radius 1 is 1.00 bits per heavy atom. The predicted molar refractivity (Wildman–Crippen MR) is 119 cm³/mol. The molecular formula is C25H26F3N3O. The molecular weight excluding hydrogens is 415 g/mol. The Labute approximate surface area is 185 Å². The fraction of sp³-hybridized carbons (Fsp3) is 0.320. The molecule has 4 rings (SSSR count). The summed E-state index contributed by atoms with van der Waals surface area (Å²) in [6.07, 6.45) is -3.69. The van der Waals surface area contributed by atoms with Crippen molar-refractivity contribution in [3.63, 3.8) is 0 Å². The van der Waals surface area contributed by atoms with Crippen LogP contribution >= 0.6 is 0 Å². The van der Waals surface area contributed by atoms with Crippen LogP contribution in [0.5, 0.6) is 0 Å². The van der Waals surface area contributed by atoms with Crippen LogP contribution in [0.3, 0.4) is 0 Å². The first-order valence-electron chi connectivity index (χ1n) is 10.7. The van der Waals surface area contributed by atoms with Crippen LogP contribution in [0.15, 0.2) is 66.7 Å². The highest BCUT2D eigenvalue weighted by molar-refractivity contribution is 5.83. The van der Waals surface area contributed by atoms with Gasteiger partial charge in [0, 0.05) is 32.7 Å². The molecule has 2 N–H and O–H groups in total. The number of nitrogens with one attached hydrogen (secondary N) is 2. The molecule has 7 heteroatoms. The van der Waals surface area contributed by atoms with Crippen molar-refractivity contribution >= 4 is 16.7 Å². The summed E-state index contributed by atoms with van der Waals surface area (Å²) in [5.41, 5.74) is 1.27. The molecule has 4 nitrogen and oxygen atoms in total. The molecule has 0 aromatic heterocycles. The molecule has 0 aliphatic carbocycles. The van der Waals surface area contributed by atoms with Crippen LogP contribution in [0.4, 0.5) is 13.2 Å². The number of nitrogens with zero attached hydrogens (tertiary/aromatic N) is 1. The van der Waals surface area contributed by atoms with Crippen LogP contribution in [0.2, 0.25) is 0 Å². The van der Waals surface area contributed by atoms with Gasteiger partial charge >= 0.3 is 6.18 Å². The average molecular weight is 441 g/mol. The van der Waals surface area contributed by atoms with E-state index in [4.69, 9.17) is 0 Å². The molecule has 0 bridgehead atoms. The molecule has 32 heavy (non-hydrogen) atoms. The molecule has 0 spiro atoms. The van der Waals surface area contributed by atoms with E-state index in [1.165, 1.54) is 17.5 Å². The minimum absolute atomic E-state index is 0.0235. The third-order valence-corrected chi connectivity index (χ3v) is 6.03. The van der Waals surface area contributed by atoms with E-state index in [9.17, 15) is 18.0 Å². The maximum atomic E-state index is 12.8. The Kier molecular flexibility index (Phi) is 6.48. The minimum Gasteiger partial charge on any atom is -0.358 e. The van der Waals surface area contributed by atoms with Gasteiger partial charge < -0.3 is 10.6 Å². The molecule has 1 saturated heterocycles. The zero-order valence-electron chi connectivity index (χ0n) is 17.8. The number of halogens is 3. The second-order valence-corrected chi connectivity index (χ2v) is 8.25. The van der Waals surface area contributed by atoms with Crippen molar-refractivity contribution in [1.82, 2.24) is 15.5 Å². The van der Waals surface area contributed by atoms with Crippen molar-refractivity contribution in [2.75, 3.05) is 13.6 Å². The van der Waals surface area contributed by atoms with Gasteiger partial charge in [-0.05, 0) is 46.5 Å². The number of amides is 1. The first kappa shape index (κ1) is 22.3. The zero-order chi connectivity index (χ0) is 22.7. The number of carbonyl (C=O) groups excluding carboxylic acids is 1. The normalized spacial score (nSPS) is 19.4. The van der Waals surface area contributed by atoms with Gasteiger partial charge in [-0.25, -0.2) is 0 Å². The first-order valence-corrected chi connectivity index (χ1v) is 10.7. The van der Waals surface area contributed by atoms with Crippen molar-refractivity contribution in [2.45, 2.75) is 37.8 Å². The lowest BCUT2D eigenvalue weighted by molar-refractivity contribution is -0.137. The average Bonchev–Trinajstić information content (AvgIpc) is 3.19. The lowest BCUT2D eigenvalue weighted by atomic mass is 10.1. The van der Waals surface area contributed by atoms with Gasteiger partial charge in [-0.1, -0.05) is 48.5 Å². The predicted octanol–water partition coefficient (Wildman–Crippen LogP) is 4.34. The molecule has 3 aromatic carbocycles. The van der Waals surface area contributed by atoms with Crippen LogP contribution in [-0.4, -0.2) is 36.5 Å². The van der Waals surface area contributed by atoms with Crippen LogP contribution in [0.25, 0.3) is 10.8 Å². The van der Waals surface area contributed by atoms with Gasteiger partial charge in [-0.3, -0.25) is 9.69 Å². The van der Waals surface area contributed by atoms with E-state index >= 15 is 0 Å². The Morgan fingerprint density at radius 2 is 1.69 bits per heavy atom. The second kappa shape index (κ2) is 9.30. The number of likely N-dealkylation sites (tertiary alicyclic amines) is 1.